The number of amides is 2. The van der Waals surface area contributed by atoms with Crippen molar-refractivity contribution in [2.24, 2.45) is 5.92 Å². The number of halogens is 1. The van der Waals surface area contributed by atoms with Gasteiger partial charge in [-0.1, -0.05) is 67.9 Å². The number of piperazine rings is 1. The molecule has 0 radical (unpaired) electrons. The van der Waals surface area contributed by atoms with E-state index in [-0.39, 0.29) is 11.8 Å². The first-order valence-corrected chi connectivity index (χ1v) is 16.4. The van der Waals surface area contributed by atoms with Gasteiger partial charge in [0.25, 0.3) is 0 Å². The lowest BCUT2D eigenvalue weighted by Crippen LogP contribution is -2.60. The van der Waals surface area contributed by atoms with E-state index < -0.39 is 6.04 Å². The Kier molecular flexibility index (Phi) is 13.3. The number of hydrazine groups is 1. The van der Waals surface area contributed by atoms with Crippen molar-refractivity contribution < 1.29 is 9.59 Å². The van der Waals surface area contributed by atoms with Gasteiger partial charge in [-0.15, -0.1) is 0 Å². The van der Waals surface area contributed by atoms with Crippen LogP contribution in [-0.4, -0.2) is 110 Å². The average Bonchev–Trinajstić information content (AvgIpc) is 3.01. The van der Waals surface area contributed by atoms with Crippen LogP contribution in [0, 0.1) is 5.92 Å². The molecule has 0 saturated carbocycles. The molecule has 9 heteroatoms. The topological polar surface area (TPSA) is 71.2 Å². The van der Waals surface area contributed by atoms with Gasteiger partial charge in [-0.05, 0) is 62.0 Å². The maximum Gasteiger partial charge on any atom is 0.245 e. The lowest BCUT2D eigenvalue weighted by molar-refractivity contribution is -0.140. The molecule has 2 aliphatic heterocycles. The summed E-state index contributed by atoms with van der Waals surface area (Å²) in [4.78, 5) is 31.2. The minimum absolute atomic E-state index is 0.00814. The molecule has 2 N–H and O–H groups in total. The van der Waals surface area contributed by atoms with Crippen LogP contribution in [0.15, 0.2) is 54.6 Å². The fraction of sp³-hybridized carbons (Fsp3) is 0.588. The van der Waals surface area contributed by atoms with Gasteiger partial charge in [0, 0.05) is 76.3 Å². The van der Waals surface area contributed by atoms with Crippen LogP contribution in [0.1, 0.15) is 44.2 Å². The van der Waals surface area contributed by atoms with Gasteiger partial charge >= 0.3 is 0 Å². The van der Waals surface area contributed by atoms with E-state index in [1.165, 1.54) is 5.56 Å². The minimum atomic E-state index is -0.598. The molecule has 2 aromatic carbocycles. The number of likely N-dealkylation sites (tertiary alicyclic amines) is 1. The first-order chi connectivity index (χ1) is 20.8. The lowest BCUT2D eigenvalue weighted by Gasteiger charge is -2.47. The normalized spacial score (nSPS) is 17.9. The number of likely N-dealkylation sites (N-methyl/N-ethyl adjacent to an activating group) is 1. The predicted octanol–water partition coefficient (Wildman–Crippen LogP) is 3.70. The number of nitrogens with one attached hydrogen (secondary N) is 2. The third-order valence-corrected chi connectivity index (χ3v) is 8.79. The maximum absolute atomic E-state index is 13.9. The van der Waals surface area contributed by atoms with Crippen LogP contribution in [-0.2, 0) is 22.4 Å². The summed E-state index contributed by atoms with van der Waals surface area (Å²) in [7, 11) is 2.19. The summed E-state index contributed by atoms with van der Waals surface area (Å²) in [5.74, 6) is 0.479. The first-order valence-electron chi connectivity index (χ1n) is 16.1. The van der Waals surface area contributed by atoms with E-state index >= 15 is 0 Å². The Bertz CT molecular complexity index is 1120. The summed E-state index contributed by atoms with van der Waals surface area (Å²) < 4.78 is 0. The van der Waals surface area contributed by atoms with E-state index in [1.807, 2.05) is 47.4 Å². The van der Waals surface area contributed by atoms with Gasteiger partial charge < -0.3 is 20.4 Å². The van der Waals surface area contributed by atoms with Crippen molar-refractivity contribution >= 4 is 23.4 Å². The van der Waals surface area contributed by atoms with Crippen molar-refractivity contribution in [3.8, 4) is 0 Å². The monoisotopic (exact) mass is 610 g/mol. The third-order valence-electron chi connectivity index (χ3n) is 8.54. The quantitative estimate of drug-likeness (QED) is 0.318. The molecule has 1 unspecified atom stereocenters. The number of hydrogen-bond donors (Lipinski definition) is 2. The summed E-state index contributed by atoms with van der Waals surface area (Å²) in [6.07, 6.45) is 3.58. The Hall–Kier alpha value is -2.49. The zero-order valence-corrected chi connectivity index (χ0v) is 27.1. The number of piperidine rings is 1. The van der Waals surface area contributed by atoms with Gasteiger partial charge in [0.05, 0.1) is 0 Å². The van der Waals surface area contributed by atoms with E-state index in [0.29, 0.717) is 49.5 Å². The van der Waals surface area contributed by atoms with Crippen LogP contribution in [0.2, 0.25) is 5.02 Å². The van der Waals surface area contributed by atoms with Gasteiger partial charge in [0.1, 0.15) is 6.04 Å². The number of benzene rings is 2. The molecule has 2 heterocycles. The SMILES string of the molecule is CC(C)CN(C1CCN(C(=O)C(Cc2ccc(Cl)cc2)NC(=O)CCNCCc2ccccc2)CC1)N1CCN(C)CC1. The highest BCUT2D eigenvalue weighted by atomic mass is 35.5. The average molecular weight is 611 g/mol. The Morgan fingerprint density at radius 1 is 0.907 bits per heavy atom. The summed E-state index contributed by atoms with van der Waals surface area (Å²) >= 11 is 6.11. The van der Waals surface area contributed by atoms with Crippen molar-refractivity contribution in [1.82, 2.24) is 30.5 Å². The van der Waals surface area contributed by atoms with Crippen LogP contribution in [0.25, 0.3) is 0 Å². The standard InChI is InChI=1S/C34H51ClN6O2/c1-27(2)26-41(40-23-21-38(3)22-24-40)31-15-19-39(20-16-31)34(43)32(25-29-9-11-30(35)12-10-29)37-33(42)14-18-36-17-13-28-7-5-4-6-8-28/h4-12,27,31-32,36H,13-26H2,1-3H3,(H,37,42). The summed E-state index contributed by atoms with van der Waals surface area (Å²) in [5, 5.41) is 12.2. The fourth-order valence-corrected chi connectivity index (χ4v) is 6.18. The van der Waals surface area contributed by atoms with E-state index in [0.717, 1.165) is 64.1 Å². The maximum atomic E-state index is 13.9. The molecular weight excluding hydrogens is 560 g/mol. The number of nitrogens with zero attached hydrogens (tertiary/aromatic N) is 4. The Morgan fingerprint density at radius 2 is 1.58 bits per heavy atom. The molecule has 43 heavy (non-hydrogen) atoms. The molecule has 1 atom stereocenters. The summed E-state index contributed by atoms with van der Waals surface area (Å²) in [5.41, 5.74) is 2.25. The lowest BCUT2D eigenvalue weighted by atomic mass is 10.00. The highest BCUT2D eigenvalue weighted by Gasteiger charge is 2.34. The van der Waals surface area contributed by atoms with Crippen molar-refractivity contribution in [3.05, 3.63) is 70.7 Å². The minimum Gasteiger partial charge on any atom is -0.344 e. The van der Waals surface area contributed by atoms with Gasteiger partial charge in [-0.2, -0.15) is 0 Å². The van der Waals surface area contributed by atoms with E-state index in [9.17, 15) is 9.59 Å². The first kappa shape index (κ1) is 33.4. The van der Waals surface area contributed by atoms with Crippen molar-refractivity contribution in [1.29, 1.82) is 0 Å². The number of carbonyl (C=O) groups is 2. The van der Waals surface area contributed by atoms with E-state index in [2.05, 4.69) is 58.6 Å². The second kappa shape index (κ2) is 17.1. The molecule has 0 aliphatic carbocycles. The molecular formula is C34H51ClN6O2. The smallest absolute Gasteiger partial charge is 0.245 e. The summed E-state index contributed by atoms with van der Waals surface area (Å²) in [6.45, 7) is 12.7. The van der Waals surface area contributed by atoms with Gasteiger partial charge in [0.2, 0.25) is 11.8 Å². The molecule has 2 aliphatic rings. The molecule has 2 aromatic rings. The molecule has 0 bridgehead atoms. The van der Waals surface area contributed by atoms with Crippen LogP contribution >= 0.6 is 11.6 Å². The highest BCUT2D eigenvalue weighted by molar-refractivity contribution is 6.30. The zero-order chi connectivity index (χ0) is 30.6. The van der Waals surface area contributed by atoms with Crippen LogP contribution in [0.3, 0.4) is 0 Å². The molecule has 0 spiro atoms. The predicted molar refractivity (Wildman–Crippen MR) is 175 cm³/mol. The molecule has 2 fully saturated rings. The van der Waals surface area contributed by atoms with Gasteiger partial charge in [0.15, 0.2) is 0 Å². The number of carbonyl (C=O) groups excluding carboxylic acids is 2. The molecule has 8 nitrogen and oxygen atoms in total. The van der Waals surface area contributed by atoms with Crippen molar-refractivity contribution in [3.63, 3.8) is 0 Å². The molecule has 2 amide bonds. The van der Waals surface area contributed by atoms with Gasteiger partial charge in [-0.3, -0.25) is 9.59 Å². The molecule has 2 saturated heterocycles. The third kappa shape index (κ3) is 10.9. The summed E-state index contributed by atoms with van der Waals surface area (Å²) in [6, 6.07) is 17.7. The molecule has 0 aromatic heterocycles. The Balaban J connectivity index is 1.32. The largest absolute Gasteiger partial charge is 0.344 e. The fourth-order valence-electron chi connectivity index (χ4n) is 6.05. The number of hydrogen-bond acceptors (Lipinski definition) is 6. The Labute approximate surface area is 263 Å². The van der Waals surface area contributed by atoms with Crippen LogP contribution in [0.4, 0.5) is 0 Å². The van der Waals surface area contributed by atoms with Crippen LogP contribution in [0.5, 0.6) is 0 Å². The zero-order valence-electron chi connectivity index (χ0n) is 26.3. The van der Waals surface area contributed by atoms with E-state index in [4.69, 9.17) is 11.6 Å². The van der Waals surface area contributed by atoms with Crippen molar-refractivity contribution in [2.75, 3.05) is 66.0 Å². The Morgan fingerprint density at radius 3 is 2.23 bits per heavy atom. The van der Waals surface area contributed by atoms with Gasteiger partial charge in [-0.25, -0.2) is 10.0 Å². The molecule has 236 valence electrons. The second-order valence-corrected chi connectivity index (χ2v) is 13.0. The van der Waals surface area contributed by atoms with Crippen LogP contribution < -0.4 is 10.6 Å². The second-order valence-electron chi connectivity index (χ2n) is 12.5. The van der Waals surface area contributed by atoms with Crippen molar-refractivity contribution in [2.45, 2.75) is 58.0 Å². The molecule has 4 rings (SSSR count). The van der Waals surface area contributed by atoms with E-state index in [1.54, 1.807) is 0 Å². The number of rotatable bonds is 14. The highest BCUT2D eigenvalue weighted by Crippen LogP contribution is 2.22.